The van der Waals surface area contributed by atoms with Crippen LogP contribution in [-0.4, -0.2) is 121 Å². The maximum absolute atomic E-state index is 14.0. The number of ether oxygens (including phenoxy) is 9. The molecule has 0 amide bonds. The van der Waals surface area contributed by atoms with Gasteiger partial charge in [-0.3, -0.25) is 4.79 Å². The summed E-state index contributed by atoms with van der Waals surface area (Å²) < 4.78 is 59.7. The van der Waals surface area contributed by atoms with Crippen molar-refractivity contribution < 1.29 is 52.5 Å². The maximum atomic E-state index is 14.0. The molecule has 12 nitrogen and oxygen atoms in total. The van der Waals surface area contributed by atoms with Crippen LogP contribution in [0.4, 0.5) is 0 Å². The number of Topliss-reactive ketones (excluding diaryl/α,β-unsaturated/α-hetero) is 1. The van der Waals surface area contributed by atoms with Crippen molar-refractivity contribution in [3.8, 4) is 6.07 Å². The van der Waals surface area contributed by atoms with Crippen molar-refractivity contribution in [3.63, 3.8) is 0 Å². The predicted molar refractivity (Wildman–Crippen MR) is 183 cm³/mol. The number of aliphatic hydroxyl groups is 1. The van der Waals surface area contributed by atoms with E-state index in [0.29, 0.717) is 25.7 Å². The van der Waals surface area contributed by atoms with E-state index in [0.717, 1.165) is 49.7 Å². The Balaban J connectivity index is 0.996. The molecule has 0 aromatic carbocycles. The number of ketones is 1. The zero-order chi connectivity index (χ0) is 35.9. The van der Waals surface area contributed by atoms with Gasteiger partial charge < -0.3 is 47.7 Å². The summed E-state index contributed by atoms with van der Waals surface area (Å²) in [5.74, 6) is -0.767. The summed E-state index contributed by atoms with van der Waals surface area (Å²) in [6.07, 6.45) is 3.33. The molecular formula is C40H55NO11. The molecule has 10 rings (SSSR count). The van der Waals surface area contributed by atoms with Gasteiger partial charge in [-0.25, -0.2) is 0 Å². The number of fused-ring (bicyclic) bond motifs is 6. The van der Waals surface area contributed by atoms with E-state index >= 15 is 0 Å². The number of carbonyl (C=O) groups is 1. The summed E-state index contributed by atoms with van der Waals surface area (Å²) in [6, 6.07) is 1.91. The summed E-state index contributed by atoms with van der Waals surface area (Å²) in [4.78, 5) is 14.0. The minimum Gasteiger partial charge on any atom is -0.378 e. The van der Waals surface area contributed by atoms with E-state index in [1.165, 1.54) is 0 Å². The lowest BCUT2D eigenvalue weighted by Crippen LogP contribution is -2.61. The third-order valence-corrected chi connectivity index (χ3v) is 13.8. The van der Waals surface area contributed by atoms with Gasteiger partial charge >= 0.3 is 0 Å². The van der Waals surface area contributed by atoms with Gasteiger partial charge in [0, 0.05) is 51.6 Å². The third kappa shape index (κ3) is 6.45. The highest BCUT2D eigenvalue weighted by molar-refractivity contribution is 5.79. The summed E-state index contributed by atoms with van der Waals surface area (Å²) in [7, 11) is 1.61. The number of aliphatic hydroxyl groups excluding tert-OH is 1. The van der Waals surface area contributed by atoms with Gasteiger partial charge in [0.15, 0.2) is 5.79 Å². The quantitative estimate of drug-likeness (QED) is 0.332. The molecule has 10 aliphatic heterocycles. The van der Waals surface area contributed by atoms with Crippen molar-refractivity contribution in [1.29, 1.82) is 5.26 Å². The number of methoxy groups -OCH3 is 1. The highest BCUT2D eigenvalue weighted by Crippen LogP contribution is 2.54. The molecule has 0 saturated carbocycles. The number of nitriles is 1. The lowest BCUT2D eigenvalue weighted by molar-refractivity contribution is -0.292. The second-order valence-corrected chi connectivity index (χ2v) is 17.2. The molecule has 10 aliphatic rings. The molecule has 1 spiro atoms. The Kier molecular flexibility index (Phi) is 9.72. The van der Waals surface area contributed by atoms with Crippen LogP contribution >= 0.6 is 0 Å². The Morgan fingerprint density at radius 1 is 0.827 bits per heavy atom. The van der Waals surface area contributed by atoms with Gasteiger partial charge in [-0.1, -0.05) is 20.1 Å². The van der Waals surface area contributed by atoms with Gasteiger partial charge in [-0.15, -0.1) is 0 Å². The summed E-state index contributed by atoms with van der Waals surface area (Å²) in [5.41, 5.74) is 2.15. The molecule has 0 aromatic rings. The Morgan fingerprint density at radius 3 is 2.40 bits per heavy atom. The lowest BCUT2D eigenvalue weighted by atomic mass is 9.81. The van der Waals surface area contributed by atoms with Gasteiger partial charge in [-0.05, 0) is 62.0 Å². The Labute approximate surface area is 306 Å². The van der Waals surface area contributed by atoms with E-state index in [4.69, 9.17) is 42.6 Å². The highest BCUT2D eigenvalue weighted by atomic mass is 16.8. The third-order valence-electron chi connectivity index (χ3n) is 13.8. The fourth-order valence-electron chi connectivity index (χ4n) is 11.2. The molecule has 10 saturated heterocycles. The van der Waals surface area contributed by atoms with Crippen LogP contribution < -0.4 is 0 Å². The molecule has 12 heteroatoms. The van der Waals surface area contributed by atoms with Crippen LogP contribution in [-0.2, 0) is 47.4 Å². The number of hydrogen-bond acceptors (Lipinski definition) is 12. The van der Waals surface area contributed by atoms with E-state index in [9.17, 15) is 15.2 Å². The van der Waals surface area contributed by atoms with Gasteiger partial charge in [0.1, 0.15) is 42.4 Å². The molecule has 19 atom stereocenters. The maximum Gasteiger partial charge on any atom is 0.172 e. The topological polar surface area (TPSA) is 144 Å². The first-order valence-electron chi connectivity index (χ1n) is 19.9. The molecular weight excluding hydrogens is 670 g/mol. The van der Waals surface area contributed by atoms with Crippen molar-refractivity contribution in [2.45, 2.75) is 194 Å². The summed E-state index contributed by atoms with van der Waals surface area (Å²) in [6.45, 7) is 11.1. The fraction of sp³-hybridized carbons (Fsp3) is 0.850. The Morgan fingerprint density at radius 2 is 1.58 bits per heavy atom. The molecule has 286 valence electrons. The normalized spacial score (nSPS) is 52.2. The van der Waals surface area contributed by atoms with Crippen molar-refractivity contribution in [2.24, 2.45) is 11.8 Å². The number of hydrogen-bond donors (Lipinski definition) is 1. The molecule has 0 radical (unpaired) electrons. The first kappa shape index (κ1) is 35.9. The predicted octanol–water partition coefficient (Wildman–Crippen LogP) is 4.00. The van der Waals surface area contributed by atoms with E-state index < -0.39 is 24.1 Å². The van der Waals surface area contributed by atoms with E-state index in [1.807, 2.05) is 6.07 Å². The summed E-state index contributed by atoms with van der Waals surface area (Å²) >= 11 is 0. The van der Waals surface area contributed by atoms with Gasteiger partial charge in [0.25, 0.3) is 0 Å². The molecule has 52 heavy (non-hydrogen) atoms. The van der Waals surface area contributed by atoms with Gasteiger partial charge in [-0.2, -0.15) is 5.26 Å². The van der Waals surface area contributed by atoms with E-state index in [2.05, 4.69) is 20.1 Å². The summed E-state index contributed by atoms with van der Waals surface area (Å²) in [5, 5.41) is 19.7. The number of rotatable bonds is 3. The van der Waals surface area contributed by atoms with E-state index in [1.54, 1.807) is 7.11 Å². The minimum atomic E-state index is -1.20. The van der Waals surface area contributed by atoms with Crippen LogP contribution in [0, 0.1) is 23.2 Å². The average Bonchev–Trinajstić information content (AvgIpc) is 3.79. The average molecular weight is 726 g/mol. The van der Waals surface area contributed by atoms with Crippen LogP contribution in [0.2, 0.25) is 0 Å². The largest absolute Gasteiger partial charge is 0.378 e. The smallest absolute Gasteiger partial charge is 0.172 e. The first-order valence-corrected chi connectivity index (χ1v) is 19.9. The molecule has 1 N–H and O–H groups in total. The molecule has 12 unspecified atom stereocenters. The standard InChI is InChI=1S/C40H55NO11/c1-19-11-24-5-7-28-20(2)12-26(45-28)9-10-40-17-33-36(51-40)37-38(50-33)39(52-40)35-29(49-37)8-6-25(47-35)13-22(42)14-27-31(16-30(46-24)21(19)3)48-32(34(27)44-4)15-23(43)18-41/h19,23-39,43H,2-3,5-17H2,1,4H3/t19?,23?,24?,25?,26?,27?,28-,29?,30?,31-,32+,33?,34+,35-,36?,37-,38?,39?,40-/m0/s1. The molecule has 0 aromatic heterocycles. The zero-order valence-corrected chi connectivity index (χ0v) is 30.5. The van der Waals surface area contributed by atoms with Crippen LogP contribution in [0.25, 0.3) is 0 Å². The zero-order valence-electron chi connectivity index (χ0n) is 30.5. The number of carbonyl (C=O) groups excluding carboxylic acids is 1. The molecule has 0 aliphatic carbocycles. The van der Waals surface area contributed by atoms with E-state index in [-0.39, 0.29) is 116 Å². The van der Waals surface area contributed by atoms with Crippen molar-refractivity contribution >= 4 is 5.78 Å². The molecule has 10 heterocycles. The fourth-order valence-corrected chi connectivity index (χ4v) is 11.2. The van der Waals surface area contributed by atoms with Crippen LogP contribution in [0.15, 0.2) is 24.3 Å². The van der Waals surface area contributed by atoms with Crippen LogP contribution in [0.5, 0.6) is 0 Å². The first-order chi connectivity index (χ1) is 25.1. The van der Waals surface area contributed by atoms with Crippen molar-refractivity contribution in [1.82, 2.24) is 0 Å². The lowest BCUT2D eigenvalue weighted by Gasteiger charge is -2.47. The molecule has 10 fully saturated rings. The van der Waals surface area contributed by atoms with Gasteiger partial charge in [0.05, 0.1) is 67.1 Å². The minimum absolute atomic E-state index is 0.0186. The second-order valence-electron chi connectivity index (χ2n) is 17.2. The monoisotopic (exact) mass is 725 g/mol. The van der Waals surface area contributed by atoms with Crippen molar-refractivity contribution in [3.05, 3.63) is 24.3 Å². The second kappa shape index (κ2) is 14.1. The molecule has 12 bridgehead atoms. The SMILES string of the molecule is C=C1C(C)CC2CC[C@@H]3OC(CC[C@@]45CC6OC7C(O4)[C@H]4OC(CCC4O[C@H]7C6O5)CC(=O)CC4[C@H](CC1O2)O[C@H](CC(O)C#N)[C@@H]4OC)CC3=C. The Hall–Kier alpha value is -1.76. The van der Waals surface area contributed by atoms with Crippen LogP contribution in [0.3, 0.4) is 0 Å². The highest BCUT2D eigenvalue weighted by Gasteiger charge is 2.68. The van der Waals surface area contributed by atoms with Gasteiger partial charge in [0.2, 0.25) is 0 Å². The van der Waals surface area contributed by atoms with Crippen LogP contribution in [0.1, 0.15) is 90.4 Å². The Bertz CT molecular complexity index is 1450. The number of nitrogens with zero attached hydrogens (tertiary/aromatic N) is 1. The van der Waals surface area contributed by atoms with Crippen molar-refractivity contribution in [2.75, 3.05) is 7.11 Å².